The van der Waals surface area contributed by atoms with E-state index in [1.165, 1.54) is 16.4 Å². The van der Waals surface area contributed by atoms with Gasteiger partial charge in [-0.25, -0.2) is 12.8 Å². The Kier molecular flexibility index (Phi) is 3.17. The van der Waals surface area contributed by atoms with E-state index in [4.69, 9.17) is 5.73 Å². The average Bonchev–Trinajstić information content (AvgIpc) is 2.29. The molecule has 0 unspecified atom stereocenters. The highest BCUT2D eigenvalue weighted by atomic mass is 32.2. The number of benzene rings is 1. The van der Waals surface area contributed by atoms with E-state index < -0.39 is 20.7 Å². The molecule has 4 nitrogen and oxygen atoms in total. The number of halogens is 1. The Morgan fingerprint density at radius 2 is 2.06 bits per heavy atom. The fraction of sp³-hybridized carbons (Fsp3) is 0.273. The monoisotopic (exact) mass is 256 g/mol. The van der Waals surface area contributed by atoms with Crippen LogP contribution in [0.2, 0.25) is 0 Å². The van der Waals surface area contributed by atoms with Gasteiger partial charge in [0.1, 0.15) is 10.7 Å². The Morgan fingerprint density at radius 3 is 2.65 bits per heavy atom. The minimum absolute atomic E-state index is 0.0560. The molecule has 1 aliphatic rings. The van der Waals surface area contributed by atoms with E-state index in [2.05, 4.69) is 0 Å². The first-order valence-electron chi connectivity index (χ1n) is 5.22. The Bertz CT molecular complexity index is 534. The summed E-state index contributed by atoms with van der Waals surface area (Å²) in [5, 5.41) is 0. The van der Waals surface area contributed by atoms with Crippen molar-refractivity contribution in [3.63, 3.8) is 0 Å². The van der Waals surface area contributed by atoms with Gasteiger partial charge in [-0.3, -0.25) is 0 Å². The quantitative estimate of drug-likeness (QED) is 0.642. The molecule has 6 heteroatoms. The average molecular weight is 256 g/mol. The van der Waals surface area contributed by atoms with Crippen molar-refractivity contribution in [2.24, 2.45) is 0 Å². The van der Waals surface area contributed by atoms with Crippen LogP contribution >= 0.6 is 0 Å². The molecule has 17 heavy (non-hydrogen) atoms. The van der Waals surface area contributed by atoms with Gasteiger partial charge in [0, 0.05) is 13.1 Å². The zero-order chi connectivity index (χ0) is 12.5. The van der Waals surface area contributed by atoms with E-state index in [9.17, 15) is 12.8 Å². The summed E-state index contributed by atoms with van der Waals surface area (Å²) in [6, 6.07) is 3.87. The summed E-state index contributed by atoms with van der Waals surface area (Å²) in [4.78, 5) is -0.421. The Labute approximate surface area is 99.6 Å². The predicted molar refractivity (Wildman–Crippen MR) is 63.3 cm³/mol. The molecule has 0 spiro atoms. The second-order valence-corrected chi connectivity index (χ2v) is 5.66. The van der Waals surface area contributed by atoms with Crippen LogP contribution in [-0.4, -0.2) is 25.8 Å². The van der Waals surface area contributed by atoms with Gasteiger partial charge in [0.05, 0.1) is 5.69 Å². The molecule has 0 bridgehead atoms. The third-order valence-corrected chi connectivity index (χ3v) is 4.57. The van der Waals surface area contributed by atoms with Crippen LogP contribution in [0, 0.1) is 5.82 Å². The zero-order valence-electron chi connectivity index (χ0n) is 9.14. The van der Waals surface area contributed by atoms with Crippen molar-refractivity contribution in [1.29, 1.82) is 0 Å². The second-order valence-electron chi connectivity index (χ2n) is 3.78. The van der Waals surface area contributed by atoms with Gasteiger partial charge in [0.25, 0.3) is 0 Å². The molecule has 1 aromatic rings. The summed E-state index contributed by atoms with van der Waals surface area (Å²) in [6.45, 7) is 0.614. The lowest BCUT2D eigenvalue weighted by atomic mass is 10.3. The number of anilines is 1. The molecular formula is C11H13FN2O2S. The summed E-state index contributed by atoms with van der Waals surface area (Å²) >= 11 is 0. The van der Waals surface area contributed by atoms with E-state index in [1.54, 1.807) is 6.08 Å². The maximum Gasteiger partial charge on any atom is 0.248 e. The van der Waals surface area contributed by atoms with Crippen molar-refractivity contribution in [2.45, 2.75) is 11.3 Å². The number of nitrogen functional groups attached to an aromatic ring is 1. The predicted octanol–water partition coefficient (Wildman–Crippen LogP) is 1.36. The van der Waals surface area contributed by atoms with Gasteiger partial charge >= 0.3 is 0 Å². The van der Waals surface area contributed by atoms with Crippen LogP contribution < -0.4 is 5.73 Å². The molecule has 2 rings (SSSR count). The molecule has 0 amide bonds. The smallest absolute Gasteiger partial charge is 0.248 e. The first-order chi connectivity index (χ1) is 8.03. The second kappa shape index (κ2) is 4.46. The number of sulfonamides is 1. The van der Waals surface area contributed by atoms with Gasteiger partial charge in [-0.1, -0.05) is 18.2 Å². The molecule has 0 aromatic heterocycles. The van der Waals surface area contributed by atoms with Crippen LogP contribution in [0.15, 0.2) is 35.2 Å². The fourth-order valence-electron chi connectivity index (χ4n) is 1.76. The van der Waals surface area contributed by atoms with Crippen LogP contribution in [0.4, 0.5) is 10.1 Å². The Hall–Kier alpha value is -1.40. The van der Waals surface area contributed by atoms with E-state index in [0.29, 0.717) is 13.0 Å². The number of rotatable bonds is 2. The normalized spacial score (nSPS) is 17.2. The first kappa shape index (κ1) is 12.1. The van der Waals surface area contributed by atoms with Crippen molar-refractivity contribution >= 4 is 15.7 Å². The van der Waals surface area contributed by atoms with Crippen molar-refractivity contribution in [1.82, 2.24) is 4.31 Å². The molecule has 2 N–H and O–H groups in total. The van der Waals surface area contributed by atoms with Crippen LogP contribution in [0.3, 0.4) is 0 Å². The molecule has 0 atom stereocenters. The minimum Gasteiger partial charge on any atom is -0.398 e. The number of hydrogen-bond donors (Lipinski definition) is 1. The maximum absolute atomic E-state index is 13.6. The minimum atomic E-state index is -3.84. The number of nitrogens with two attached hydrogens (primary N) is 1. The summed E-state index contributed by atoms with van der Waals surface area (Å²) in [6.07, 6.45) is 4.28. The van der Waals surface area contributed by atoms with Crippen LogP contribution in [-0.2, 0) is 10.0 Å². The summed E-state index contributed by atoms with van der Waals surface area (Å²) in [5.41, 5.74) is 5.49. The van der Waals surface area contributed by atoms with E-state index in [-0.39, 0.29) is 12.2 Å². The van der Waals surface area contributed by atoms with Gasteiger partial charge in [-0.05, 0) is 18.6 Å². The summed E-state index contributed by atoms with van der Waals surface area (Å²) < 4.78 is 39.2. The van der Waals surface area contributed by atoms with E-state index >= 15 is 0 Å². The molecule has 0 saturated heterocycles. The third-order valence-electron chi connectivity index (χ3n) is 2.62. The lowest BCUT2D eigenvalue weighted by molar-refractivity contribution is 0.433. The molecule has 0 aliphatic carbocycles. The fourth-order valence-corrected chi connectivity index (χ4v) is 3.33. The highest BCUT2D eigenvalue weighted by molar-refractivity contribution is 7.89. The maximum atomic E-state index is 13.6. The van der Waals surface area contributed by atoms with Gasteiger partial charge < -0.3 is 5.73 Å². The molecular weight excluding hydrogens is 243 g/mol. The lowest BCUT2D eigenvalue weighted by Gasteiger charge is -2.23. The van der Waals surface area contributed by atoms with Crippen LogP contribution in [0.5, 0.6) is 0 Å². The Balaban J connectivity index is 2.48. The SMILES string of the molecule is Nc1cccc(F)c1S(=O)(=O)N1CC=CCC1. The van der Waals surface area contributed by atoms with E-state index in [0.717, 1.165) is 6.07 Å². The number of nitrogens with zero attached hydrogens (tertiary/aromatic N) is 1. The van der Waals surface area contributed by atoms with Crippen LogP contribution in [0.25, 0.3) is 0 Å². The van der Waals surface area contributed by atoms with Crippen molar-refractivity contribution in [2.75, 3.05) is 18.8 Å². The number of hydrogen-bond acceptors (Lipinski definition) is 3. The largest absolute Gasteiger partial charge is 0.398 e. The summed E-state index contributed by atoms with van der Waals surface area (Å²) in [5.74, 6) is -0.806. The third kappa shape index (κ3) is 2.18. The van der Waals surface area contributed by atoms with Gasteiger partial charge in [-0.2, -0.15) is 4.31 Å². The highest BCUT2D eigenvalue weighted by Gasteiger charge is 2.29. The molecule has 92 valence electrons. The Morgan fingerprint density at radius 1 is 1.29 bits per heavy atom. The summed E-state index contributed by atoms with van der Waals surface area (Å²) in [7, 11) is -3.84. The standard InChI is InChI=1S/C11H13FN2O2S/c12-9-5-4-6-10(13)11(9)17(15,16)14-7-2-1-3-8-14/h1-2,4-6H,3,7-8,13H2. The van der Waals surface area contributed by atoms with Crippen molar-refractivity contribution in [3.8, 4) is 0 Å². The lowest BCUT2D eigenvalue weighted by Crippen LogP contribution is -2.34. The highest BCUT2D eigenvalue weighted by Crippen LogP contribution is 2.26. The van der Waals surface area contributed by atoms with Crippen LogP contribution in [0.1, 0.15) is 6.42 Å². The topological polar surface area (TPSA) is 63.4 Å². The van der Waals surface area contributed by atoms with E-state index in [1.807, 2.05) is 6.08 Å². The van der Waals surface area contributed by atoms with Gasteiger partial charge in [0.2, 0.25) is 10.0 Å². The van der Waals surface area contributed by atoms with Crippen molar-refractivity contribution < 1.29 is 12.8 Å². The van der Waals surface area contributed by atoms with Crippen molar-refractivity contribution in [3.05, 3.63) is 36.2 Å². The zero-order valence-corrected chi connectivity index (χ0v) is 9.95. The molecule has 1 heterocycles. The van der Waals surface area contributed by atoms with Gasteiger partial charge in [0.15, 0.2) is 0 Å². The molecule has 0 fully saturated rings. The molecule has 1 aliphatic heterocycles. The van der Waals surface area contributed by atoms with Gasteiger partial charge in [-0.15, -0.1) is 0 Å². The first-order valence-corrected chi connectivity index (χ1v) is 6.66. The molecule has 0 saturated carbocycles. The molecule has 1 aromatic carbocycles. The molecule has 0 radical (unpaired) electrons.